The number of ether oxygens (including phenoxy) is 6. The minimum atomic E-state index is -4.41. The van der Waals surface area contributed by atoms with Gasteiger partial charge in [-0.3, -0.25) is 33.3 Å². The number of methoxy groups -OCH3 is 1. The molecular formula is C69H70N14O21S6. The van der Waals surface area contributed by atoms with Gasteiger partial charge in [-0.05, 0) is 90.5 Å². The number of amides is 6. The first-order valence-electron chi connectivity index (χ1n) is 33.7. The molecule has 41 heteroatoms. The van der Waals surface area contributed by atoms with E-state index in [1.807, 2.05) is 0 Å². The Morgan fingerprint density at radius 2 is 1.48 bits per heavy atom. The molecule has 7 aromatic heterocycles. The fourth-order valence-corrected chi connectivity index (χ4v) is 17.8. The van der Waals surface area contributed by atoms with Crippen LogP contribution in [0.25, 0.3) is 49.3 Å². The fourth-order valence-electron chi connectivity index (χ4n) is 13.1. The van der Waals surface area contributed by atoms with Crippen molar-refractivity contribution in [2.75, 3.05) is 34.4 Å². The van der Waals surface area contributed by atoms with Crippen LogP contribution in [0.15, 0.2) is 86.1 Å². The van der Waals surface area contributed by atoms with E-state index in [-0.39, 0.29) is 128 Å². The molecule has 578 valence electrons. The van der Waals surface area contributed by atoms with Crippen LogP contribution in [0.4, 0.5) is 0 Å². The molecule has 0 aliphatic carbocycles. The first kappa shape index (κ1) is 78.0. The predicted octanol–water partition coefficient (Wildman–Crippen LogP) is 4.89. The zero-order valence-corrected chi connectivity index (χ0v) is 64.2. The Bertz CT molecular complexity index is 5280. The number of fused-ring (bicyclic) bond motifs is 15. The number of aliphatic hydroxyl groups is 2. The van der Waals surface area contributed by atoms with Gasteiger partial charge in [0, 0.05) is 56.4 Å². The summed E-state index contributed by atoms with van der Waals surface area (Å²) in [6.07, 6.45) is -7.38. The van der Waals surface area contributed by atoms with Crippen molar-refractivity contribution in [1.82, 2.24) is 71.4 Å². The average molecular weight is 1620 g/mol. The molecule has 11 N–H and O–H groups in total. The summed E-state index contributed by atoms with van der Waals surface area (Å²) in [5.74, 6) is -7.89. The van der Waals surface area contributed by atoms with Crippen LogP contribution in [0.2, 0.25) is 0 Å². The number of thiazole rings is 5. The highest BCUT2D eigenvalue weighted by Gasteiger charge is 2.50. The number of carbonyl (C=O) groups excluding carboxylic acids is 8. The van der Waals surface area contributed by atoms with E-state index in [1.54, 1.807) is 45.0 Å². The van der Waals surface area contributed by atoms with Gasteiger partial charge < -0.3 is 85.7 Å². The zero-order valence-electron chi connectivity index (χ0n) is 59.3. The van der Waals surface area contributed by atoms with Crippen molar-refractivity contribution in [2.24, 2.45) is 0 Å². The van der Waals surface area contributed by atoms with Gasteiger partial charge in [-0.2, -0.15) is 13.1 Å². The highest BCUT2D eigenvalue weighted by molar-refractivity contribution is 7.85. The molecule has 11 heterocycles. The van der Waals surface area contributed by atoms with E-state index in [1.165, 1.54) is 91.2 Å². The number of cyclic esters (lactones) is 2. The third-order valence-corrected chi connectivity index (χ3v) is 23.8. The molecule has 6 amide bonds. The lowest BCUT2D eigenvalue weighted by Gasteiger charge is -2.48. The fraction of sp³-hybridized carbons (Fsp3) is 0.362. The molecule has 4 aliphatic rings. The van der Waals surface area contributed by atoms with Gasteiger partial charge in [-0.1, -0.05) is 24.3 Å². The molecule has 9 aromatic rings. The molecule has 0 radical (unpaired) electrons. The molecular weight excluding hydrogens is 1550 g/mol. The quantitative estimate of drug-likeness (QED) is 0.0317. The number of benzene rings is 2. The maximum absolute atomic E-state index is 15.2. The number of aliphatic hydroxyl groups excluding tert-OH is 1. The summed E-state index contributed by atoms with van der Waals surface area (Å²) in [6, 6.07) is 4.82. The first-order valence-corrected chi connectivity index (χ1v) is 39.5. The second-order valence-electron chi connectivity index (χ2n) is 26.4. The van der Waals surface area contributed by atoms with E-state index in [2.05, 4.69) is 46.9 Å². The van der Waals surface area contributed by atoms with Gasteiger partial charge in [0.2, 0.25) is 11.8 Å². The molecule has 2 aromatic carbocycles. The summed E-state index contributed by atoms with van der Waals surface area (Å²) >= 11 is 4.43. The zero-order chi connectivity index (χ0) is 78.5. The number of pyridine rings is 1. The summed E-state index contributed by atoms with van der Waals surface area (Å²) in [6.45, 7) is 5.69. The SMILES string of the molecule is CO/C(C)=C1/NC(=O)[C@H]([C@@H](C)O)NC(=O)c2csc(n2)-c2cc(O)c(-c3nc(C(=O)N[C@@H](C)C(=O)NCCc4ccc(S(=O)(=O)O)cc4)cs3)nc2-c2csc(n2)[C@@H]2COC(=O)c3c4c5c(cccc5n3O)COC(=O)[C@@H](O[C@H]3C[C@](C)(O)[C@H](N(C)C)[C@H](C)O3)[C@@H](OC4)[C@H](NC(=O)c3csc1n3)c1nc(cs1)C(=O)N2. The maximum Gasteiger partial charge on any atom is 0.358 e. The van der Waals surface area contributed by atoms with Gasteiger partial charge in [0.25, 0.3) is 33.7 Å². The van der Waals surface area contributed by atoms with E-state index in [4.69, 9.17) is 43.4 Å². The molecule has 0 saturated carbocycles. The van der Waals surface area contributed by atoms with E-state index >= 15 is 19.2 Å². The van der Waals surface area contributed by atoms with Crippen molar-refractivity contribution in [3.8, 4) is 38.4 Å². The number of hydrogen-bond donors (Lipinski definition) is 11. The van der Waals surface area contributed by atoms with E-state index in [0.29, 0.717) is 10.3 Å². The van der Waals surface area contributed by atoms with Crippen molar-refractivity contribution in [2.45, 2.75) is 132 Å². The van der Waals surface area contributed by atoms with Gasteiger partial charge in [0.1, 0.15) is 126 Å². The number of allylic oxidation sites excluding steroid dienone is 1. The van der Waals surface area contributed by atoms with Gasteiger partial charge >= 0.3 is 11.9 Å². The Balaban J connectivity index is 0.916. The number of rotatable bonds is 13. The standard InChI is InChI=1S/C69H70N14O21S6/c1-28(56(86)70-17-16-32-12-14-34(15-13-32)110(96,97)98)71-57(87)39-25-108-65(76-39)50-44(85)18-35-49(78-50)38-23-106-63(73-38)37-22-102-67(92)52-36-21-100-53(54(104-45-19-69(5,94)55(82(6)7)31(4)103-45)68(93)101-20-33-10-9-11-43(46(33)36)83(52)95)51(66-77-40(26-109-66)58(88)72-37)81-60(90)42-27-107-64(75-42)48(30(3)99-8)80-61(91)47(29(2)84)79-59(89)41-24-105-62(35)74-41/h9-15,18,23-29,31,37,45,47,51,53-55,84-85,94-95H,16-17,19-22H2,1-8H3,(H,70,86)(H,71,87)(H,72,88)(H,79,89)(H,80,91)(H,81,90)(H,96,97,98)/b48-30+/t28-,29+,31-,37-,45-,47-,51-,53-,54-,55+,69-/m0/s1. The van der Waals surface area contributed by atoms with Gasteiger partial charge in [-0.15, -0.1) is 56.7 Å². The Morgan fingerprint density at radius 3 is 2.19 bits per heavy atom. The third kappa shape index (κ3) is 16.1. The number of carbonyl (C=O) groups is 8. The minimum absolute atomic E-state index is 0.00291. The molecule has 110 heavy (non-hydrogen) atoms. The smallest absolute Gasteiger partial charge is 0.358 e. The second kappa shape index (κ2) is 31.7. The number of aromatic nitrogens is 7. The van der Waals surface area contributed by atoms with Crippen LogP contribution in [-0.2, 0) is 72.6 Å². The predicted molar refractivity (Wildman–Crippen MR) is 394 cm³/mol. The molecule has 1 fully saturated rings. The summed E-state index contributed by atoms with van der Waals surface area (Å²) in [4.78, 5) is 146. The number of likely N-dealkylation sites (N-methyl/N-ethyl adjacent to an activating group) is 1. The molecule has 11 atom stereocenters. The van der Waals surface area contributed by atoms with Crippen molar-refractivity contribution in [3.05, 3.63) is 141 Å². The van der Waals surface area contributed by atoms with Gasteiger partial charge in [0.15, 0.2) is 18.1 Å². The van der Waals surface area contributed by atoms with Crippen molar-refractivity contribution >= 4 is 131 Å². The van der Waals surface area contributed by atoms with Gasteiger partial charge in [-0.25, -0.2) is 39.5 Å². The Labute approximate surface area is 644 Å². The van der Waals surface area contributed by atoms with Crippen molar-refractivity contribution < 1.29 is 100 Å². The van der Waals surface area contributed by atoms with Gasteiger partial charge in [0.05, 0.1) is 48.0 Å². The van der Waals surface area contributed by atoms with Crippen LogP contribution >= 0.6 is 56.7 Å². The highest BCUT2D eigenvalue weighted by Crippen LogP contribution is 2.43. The van der Waals surface area contributed by atoms with Crippen LogP contribution < -0.4 is 31.9 Å². The first-order chi connectivity index (χ1) is 52.3. The number of esters is 2. The molecule has 1 saturated heterocycles. The largest absolute Gasteiger partial charge is 0.506 e. The molecule has 0 spiro atoms. The minimum Gasteiger partial charge on any atom is -0.506 e. The number of nitrogens with zero attached hydrogens (tertiary/aromatic N) is 8. The average Bonchev–Trinajstić information content (AvgIpc) is 1.51. The van der Waals surface area contributed by atoms with Crippen molar-refractivity contribution in [1.29, 1.82) is 0 Å². The molecule has 4 aliphatic heterocycles. The summed E-state index contributed by atoms with van der Waals surface area (Å²) < 4.78 is 70.6. The third-order valence-electron chi connectivity index (χ3n) is 18.4. The number of hydrogen-bond acceptors (Lipinski definition) is 32. The summed E-state index contributed by atoms with van der Waals surface area (Å²) in [5.41, 5.74) is -2.38. The lowest BCUT2D eigenvalue weighted by atomic mass is 9.85. The van der Waals surface area contributed by atoms with E-state index in [0.717, 1.165) is 56.7 Å². The lowest BCUT2D eigenvalue weighted by molar-refractivity contribution is -0.280. The van der Waals surface area contributed by atoms with E-state index < -0.39 is 155 Å². The topological polar surface area (TPSA) is 485 Å². The number of aromatic hydroxyl groups is 1. The van der Waals surface area contributed by atoms with Crippen LogP contribution in [0.5, 0.6) is 5.75 Å². The van der Waals surface area contributed by atoms with Crippen LogP contribution in [0.1, 0.15) is 137 Å². The highest BCUT2D eigenvalue weighted by atomic mass is 32.2. The van der Waals surface area contributed by atoms with E-state index in [9.17, 15) is 52.7 Å². The summed E-state index contributed by atoms with van der Waals surface area (Å²) in [7, 11) is 0.407. The molecule has 0 unspecified atom stereocenters. The van der Waals surface area contributed by atoms with Crippen LogP contribution in [0, 0.1) is 0 Å². The molecule has 13 rings (SSSR count). The Kier molecular flexibility index (Phi) is 22.5. The number of nitrogens with one attached hydrogen (secondary N) is 6. The lowest BCUT2D eigenvalue weighted by Crippen LogP contribution is -2.62. The molecule has 12 bridgehead atoms. The normalized spacial score (nSPS) is 23.1. The Hall–Kier alpha value is -10.1. The monoisotopic (exact) mass is 1620 g/mol. The molecule has 35 nitrogen and oxygen atoms in total. The maximum atomic E-state index is 15.2. The Morgan fingerprint density at radius 1 is 0.818 bits per heavy atom. The second-order valence-corrected chi connectivity index (χ2v) is 32.2. The van der Waals surface area contributed by atoms with Crippen LogP contribution in [0.3, 0.4) is 0 Å². The summed E-state index contributed by atoms with van der Waals surface area (Å²) in [5, 5.41) is 70.7. The van der Waals surface area contributed by atoms with Crippen LogP contribution in [-0.4, -0.2) is 209 Å². The van der Waals surface area contributed by atoms with Crippen molar-refractivity contribution in [3.63, 3.8) is 0 Å².